The number of rotatable bonds is 8. The van der Waals surface area contributed by atoms with E-state index in [2.05, 4.69) is 38.1 Å². The molecule has 0 aliphatic carbocycles. The summed E-state index contributed by atoms with van der Waals surface area (Å²) in [5, 5.41) is 10.3. The lowest BCUT2D eigenvalue weighted by molar-refractivity contribution is -0.128. The number of aromatic carboxylic acids is 1. The molecule has 0 unspecified atom stereocenters. The Labute approximate surface area is 194 Å². The molecule has 170 valence electrons. The van der Waals surface area contributed by atoms with Crippen molar-refractivity contribution in [3.8, 4) is 5.75 Å². The van der Waals surface area contributed by atoms with E-state index in [1.54, 1.807) is 6.07 Å². The monoisotopic (exact) mass is 452 g/mol. The number of carboxylic acid groups (broad SMARTS) is 1. The quantitative estimate of drug-likeness (QED) is 0.399. The van der Waals surface area contributed by atoms with E-state index < -0.39 is 11.4 Å². The van der Waals surface area contributed by atoms with E-state index in [4.69, 9.17) is 4.74 Å². The van der Waals surface area contributed by atoms with Crippen LogP contribution < -0.4 is 4.74 Å². The van der Waals surface area contributed by atoms with E-state index in [0.717, 1.165) is 34.2 Å². The van der Waals surface area contributed by atoms with Crippen LogP contribution in [0.25, 0.3) is 10.1 Å². The van der Waals surface area contributed by atoms with Crippen LogP contribution in [-0.2, 0) is 10.2 Å². The fraction of sp³-hybridized carbons (Fsp3) is 0.407. The fourth-order valence-corrected chi connectivity index (χ4v) is 5.03. The van der Waals surface area contributed by atoms with Crippen molar-refractivity contribution in [1.29, 1.82) is 0 Å². The highest BCUT2D eigenvalue weighted by Gasteiger charge is 2.31. The highest BCUT2D eigenvalue weighted by molar-refractivity contribution is 7.20. The average Bonchev–Trinajstić information content (AvgIpc) is 3.17. The maximum Gasteiger partial charge on any atom is 0.345 e. The number of thiophene rings is 1. The van der Waals surface area contributed by atoms with Crippen LogP contribution in [0, 0.1) is 12.3 Å². The van der Waals surface area contributed by atoms with Gasteiger partial charge in [-0.1, -0.05) is 52.8 Å². The van der Waals surface area contributed by atoms with Gasteiger partial charge in [0.2, 0.25) is 0 Å². The lowest BCUT2D eigenvalue weighted by Gasteiger charge is -2.34. The number of hydrogen-bond acceptors (Lipinski definition) is 4. The lowest BCUT2D eigenvalue weighted by Crippen LogP contribution is -2.27. The summed E-state index contributed by atoms with van der Waals surface area (Å²) in [4.78, 5) is 24.0. The zero-order valence-electron chi connectivity index (χ0n) is 19.7. The van der Waals surface area contributed by atoms with Gasteiger partial charge in [0, 0.05) is 15.5 Å². The molecule has 0 bridgehead atoms. The largest absolute Gasteiger partial charge is 0.486 e. The molecule has 5 heteroatoms. The third-order valence-corrected chi connectivity index (χ3v) is 7.51. The Bertz CT molecular complexity index is 1150. The van der Waals surface area contributed by atoms with Crippen molar-refractivity contribution in [2.24, 2.45) is 5.41 Å². The number of Topliss-reactive ketones (excluding diaryl/α,β-unsaturated/α-hetero) is 1. The third-order valence-electron chi connectivity index (χ3n) is 6.41. The molecule has 1 N–H and O–H groups in total. The molecule has 32 heavy (non-hydrogen) atoms. The van der Waals surface area contributed by atoms with Gasteiger partial charge in [0.15, 0.2) is 5.78 Å². The molecule has 0 saturated carbocycles. The number of carboxylic acids is 1. The number of carbonyl (C=O) groups is 2. The molecule has 3 rings (SSSR count). The summed E-state index contributed by atoms with van der Waals surface area (Å²) < 4.78 is 6.83. The van der Waals surface area contributed by atoms with E-state index in [0.29, 0.717) is 4.88 Å². The zero-order valence-corrected chi connectivity index (χ0v) is 20.6. The summed E-state index contributed by atoms with van der Waals surface area (Å²) in [6.45, 7) is 12.1. The van der Waals surface area contributed by atoms with Crippen molar-refractivity contribution in [1.82, 2.24) is 0 Å². The van der Waals surface area contributed by atoms with E-state index >= 15 is 0 Å². The van der Waals surface area contributed by atoms with Gasteiger partial charge in [-0.05, 0) is 66.1 Å². The van der Waals surface area contributed by atoms with Crippen LogP contribution in [0.5, 0.6) is 5.75 Å². The molecule has 0 fully saturated rings. The minimum absolute atomic E-state index is 0.0666. The first-order valence-corrected chi connectivity index (χ1v) is 11.9. The minimum atomic E-state index is -0.888. The first kappa shape index (κ1) is 24.0. The van der Waals surface area contributed by atoms with E-state index in [1.165, 1.54) is 22.5 Å². The second-order valence-corrected chi connectivity index (χ2v) is 10.5. The van der Waals surface area contributed by atoms with Crippen molar-refractivity contribution >= 4 is 33.2 Å². The summed E-state index contributed by atoms with van der Waals surface area (Å²) in [6.07, 6.45) is 1.82. The number of carbonyl (C=O) groups excluding carboxylic acids is 1. The van der Waals surface area contributed by atoms with Crippen LogP contribution in [-0.4, -0.2) is 23.5 Å². The Kier molecular flexibility index (Phi) is 6.80. The summed E-state index contributed by atoms with van der Waals surface area (Å²) >= 11 is 1.31. The highest BCUT2D eigenvalue weighted by atomic mass is 32.1. The van der Waals surface area contributed by atoms with Gasteiger partial charge in [-0.15, -0.1) is 11.3 Å². The van der Waals surface area contributed by atoms with Gasteiger partial charge >= 0.3 is 5.97 Å². The van der Waals surface area contributed by atoms with E-state index in [-0.39, 0.29) is 17.8 Å². The number of hydrogen-bond donors (Lipinski definition) is 1. The molecule has 0 saturated heterocycles. The molecule has 0 atom stereocenters. The predicted molar refractivity (Wildman–Crippen MR) is 131 cm³/mol. The summed E-state index contributed by atoms with van der Waals surface area (Å²) in [7, 11) is 0. The van der Waals surface area contributed by atoms with E-state index in [1.807, 2.05) is 39.8 Å². The maximum atomic E-state index is 12.2. The predicted octanol–water partition coefficient (Wildman–Crippen LogP) is 7.01. The van der Waals surface area contributed by atoms with Gasteiger partial charge < -0.3 is 9.84 Å². The fourth-order valence-electron chi connectivity index (χ4n) is 4.15. The molecule has 1 aromatic heterocycles. The van der Waals surface area contributed by atoms with Crippen LogP contribution in [0.1, 0.15) is 73.8 Å². The van der Waals surface area contributed by atoms with Crippen molar-refractivity contribution in [2.75, 3.05) is 6.61 Å². The van der Waals surface area contributed by atoms with Crippen molar-refractivity contribution < 1.29 is 19.4 Å². The van der Waals surface area contributed by atoms with Crippen LogP contribution in [0.2, 0.25) is 0 Å². The lowest BCUT2D eigenvalue weighted by atomic mass is 9.70. The molecule has 0 aliphatic heterocycles. The SMILES string of the molecule is CCC(CC)(c1ccc(OCC(=O)C(C)(C)C)c(C)c1)c1ccc2sc(C(=O)O)cc2c1. The third kappa shape index (κ3) is 4.58. The van der Waals surface area contributed by atoms with E-state index in [9.17, 15) is 14.7 Å². The molecule has 4 nitrogen and oxygen atoms in total. The molecular weight excluding hydrogens is 420 g/mol. The number of ether oxygens (including phenoxy) is 1. The topological polar surface area (TPSA) is 63.6 Å². The maximum absolute atomic E-state index is 12.2. The molecule has 0 amide bonds. The summed E-state index contributed by atoms with van der Waals surface area (Å²) in [5.74, 6) is -0.0877. The van der Waals surface area contributed by atoms with Gasteiger partial charge in [-0.25, -0.2) is 4.79 Å². The standard InChI is InChI=1S/C27H32O4S/c1-7-27(8-2,20-10-12-22-18(14-20)15-23(32-22)25(29)30)19-9-11-21(17(3)13-19)31-16-24(28)26(4,5)6/h9-15H,7-8,16H2,1-6H3,(H,29,30). The van der Waals surface area contributed by atoms with Crippen molar-refractivity contribution in [3.63, 3.8) is 0 Å². The first-order chi connectivity index (χ1) is 15.0. The van der Waals surface area contributed by atoms with Crippen LogP contribution in [0.3, 0.4) is 0 Å². The zero-order chi connectivity index (χ0) is 23.7. The summed E-state index contributed by atoms with van der Waals surface area (Å²) in [6, 6.07) is 14.3. The summed E-state index contributed by atoms with van der Waals surface area (Å²) in [5.41, 5.74) is 2.77. The normalized spacial score (nSPS) is 12.2. The second-order valence-electron chi connectivity index (χ2n) is 9.40. The average molecular weight is 453 g/mol. The molecule has 1 heterocycles. The first-order valence-electron chi connectivity index (χ1n) is 11.1. The number of fused-ring (bicyclic) bond motifs is 1. The molecule has 0 spiro atoms. The Morgan fingerprint density at radius 1 is 0.969 bits per heavy atom. The Morgan fingerprint density at radius 2 is 1.59 bits per heavy atom. The Hall–Kier alpha value is -2.66. The van der Waals surface area contributed by atoms with Gasteiger partial charge in [0.05, 0.1) is 0 Å². The molecule has 0 aliphatic rings. The smallest absolute Gasteiger partial charge is 0.345 e. The van der Waals surface area contributed by atoms with Crippen LogP contribution in [0.15, 0.2) is 42.5 Å². The minimum Gasteiger partial charge on any atom is -0.486 e. The van der Waals surface area contributed by atoms with Gasteiger partial charge in [-0.2, -0.15) is 0 Å². The van der Waals surface area contributed by atoms with Crippen molar-refractivity contribution in [2.45, 2.75) is 59.8 Å². The molecular formula is C27H32O4S. The van der Waals surface area contributed by atoms with Gasteiger partial charge in [0.25, 0.3) is 0 Å². The van der Waals surface area contributed by atoms with Crippen molar-refractivity contribution in [3.05, 3.63) is 64.0 Å². The molecule has 0 radical (unpaired) electrons. The molecule has 3 aromatic rings. The number of ketones is 1. The Balaban J connectivity index is 1.97. The Morgan fingerprint density at radius 3 is 2.16 bits per heavy atom. The van der Waals surface area contributed by atoms with Gasteiger partial charge in [0.1, 0.15) is 17.2 Å². The van der Waals surface area contributed by atoms with Gasteiger partial charge in [-0.3, -0.25) is 4.79 Å². The number of benzene rings is 2. The second kappa shape index (κ2) is 9.07. The number of aryl methyl sites for hydroxylation is 1. The highest BCUT2D eigenvalue weighted by Crippen LogP contribution is 2.42. The molecule has 2 aromatic carbocycles. The van der Waals surface area contributed by atoms with Crippen LogP contribution in [0.4, 0.5) is 0 Å². The van der Waals surface area contributed by atoms with Crippen LogP contribution >= 0.6 is 11.3 Å².